The summed E-state index contributed by atoms with van der Waals surface area (Å²) in [5.74, 6) is 1.27. The number of likely N-dealkylation sites (tertiary alicyclic amines) is 1. The number of carbonyl (C=O) groups is 1. The lowest BCUT2D eigenvalue weighted by molar-refractivity contribution is -0.126. The standard InChI is InChI=1S/C17H24N6O/c1-13(23-9-4-2-3-5-10-23)17(24)19-12-15-20-16(22-21-15)14-7-6-8-18-11-14/h6-8,11,13H,2-5,9-10,12H2,1H3,(H,19,24)(H,20,21,22)/t13-/m0/s1. The Bertz CT molecular complexity index is 648. The van der Waals surface area contributed by atoms with Crippen LogP contribution in [0, 0.1) is 0 Å². The SMILES string of the molecule is C[C@@H](C(=O)NCc1nc(-c2cccnc2)n[nH]1)N1CCCCCC1. The van der Waals surface area contributed by atoms with Gasteiger partial charge >= 0.3 is 0 Å². The number of pyridine rings is 1. The van der Waals surface area contributed by atoms with Crippen LogP contribution < -0.4 is 5.32 Å². The number of hydrogen-bond donors (Lipinski definition) is 2. The molecule has 3 heterocycles. The molecule has 0 saturated carbocycles. The first-order valence-electron chi connectivity index (χ1n) is 8.57. The molecule has 3 rings (SSSR count). The lowest BCUT2D eigenvalue weighted by Crippen LogP contribution is -2.45. The summed E-state index contributed by atoms with van der Waals surface area (Å²) in [5, 5.41) is 10.00. The van der Waals surface area contributed by atoms with E-state index in [4.69, 9.17) is 0 Å². The highest BCUT2D eigenvalue weighted by Gasteiger charge is 2.22. The van der Waals surface area contributed by atoms with Crippen molar-refractivity contribution in [2.45, 2.75) is 45.2 Å². The van der Waals surface area contributed by atoms with Crippen molar-refractivity contribution in [3.05, 3.63) is 30.4 Å². The zero-order valence-corrected chi connectivity index (χ0v) is 14.0. The van der Waals surface area contributed by atoms with Crippen molar-refractivity contribution in [1.82, 2.24) is 30.4 Å². The van der Waals surface area contributed by atoms with E-state index in [2.05, 4.69) is 30.4 Å². The van der Waals surface area contributed by atoms with Crippen LogP contribution in [0.4, 0.5) is 0 Å². The van der Waals surface area contributed by atoms with Gasteiger partial charge in [0.1, 0.15) is 5.82 Å². The summed E-state index contributed by atoms with van der Waals surface area (Å²) in [5.41, 5.74) is 0.851. The fourth-order valence-corrected chi connectivity index (χ4v) is 2.97. The van der Waals surface area contributed by atoms with Crippen molar-refractivity contribution in [3.8, 4) is 11.4 Å². The zero-order valence-electron chi connectivity index (χ0n) is 14.0. The Morgan fingerprint density at radius 2 is 2.12 bits per heavy atom. The summed E-state index contributed by atoms with van der Waals surface area (Å²) >= 11 is 0. The third kappa shape index (κ3) is 4.17. The van der Waals surface area contributed by atoms with Crippen LogP contribution in [0.3, 0.4) is 0 Å². The Kier molecular flexibility index (Phi) is 5.53. The van der Waals surface area contributed by atoms with Crippen LogP contribution in [0.5, 0.6) is 0 Å². The molecule has 2 aromatic rings. The molecule has 0 spiro atoms. The molecule has 7 nitrogen and oxygen atoms in total. The summed E-state index contributed by atoms with van der Waals surface area (Å²) in [6.07, 6.45) is 8.30. The first-order chi connectivity index (χ1) is 11.7. The molecule has 0 unspecified atom stereocenters. The number of nitrogens with one attached hydrogen (secondary N) is 2. The third-order valence-electron chi connectivity index (χ3n) is 4.45. The molecule has 1 aliphatic heterocycles. The molecule has 0 aromatic carbocycles. The molecule has 24 heavy (non-hydrogen) atoms. The number of aromatic nitrogens is 4. The average Bonchev–Trinajstić information content (AvgIpc) is 2.93. The second kappa shape index (κ2) is 8.01. The van der Waals surface area contributed by atoms with E-state index >= 15 is 0 Å². The topological polar surface area (TPSA) is 86.8 Å². The molecule has 2 aromatic heterocycles. The van der Waals surface area contributed by atoms with Crippen molar-refractivity contribution < 1.29 is 4.79 Å². The minimum atomic E-state index is -0.108. The van der Waals surface area contributed by atoms with Gasteiger partial charge in [-0.2, -0.15) is 5.10 Å². The summed E-state index contributed by atoms with van der Waals surface area (Å²) in [4.78, 5) is 23.1. The summed E-state index contributed by atoms with van der Waals surface area (Å²) in [7, 11) is 0. The van der Waals surface area contributed by atoms with Crippen LogP contribution in [-0.2, 0) is 11.3 Å². The predicted molar refractivity (Wildman–Crippen MR) is 91.0 cm³/mol. The monoisotopic (exact) mass is 328 g/mol. The van der Waals surface area contributed by atoms with Gasteiger partial charge in [0, 0.05) is 18.0 Å². The first-order valence-corrected chi connectivity index (χ1v) is 8.57. The van der Waals surface area contributed by atoms with E-state index in [1.165, 1.54) is 25.7 Å². The Morgan fingerprint density at radius 3 is 2.83 bits per heavy atom. The Balaban J connectivity index is 1.53. The molecule has 1 atom stereocenters. The van der Waals surface area contributed by atoms with Gasteiger partial charge in [0.2, 0.25) is 5.91 Å². The van der Waals surface area contributed by atoms with Crippen molar-refractivity contribution in [1.29, 1.82) is 0 Å². The number of nitrogens with zero attached hydrogens (tertiary/aromatic N) is 4. The van der Waals surface area contributed by atoms with Gasteiger partial charge in [-0.3, -0.25) is 19.8 Å². The molecule has 0 aliphatic carbocycles. The van der Waals surface area contributed by atoms with Gasteiger partial charge in [0.25, 0.3) is 0 Å². The summed E-state index contributed by atoms with van der Waals surface area (Å²) in [6.45, 7) is 4.33. The maximum absolute atomic E-state index is 12.4. The highest BCUT2D eigenvalue weighted by Crippen LogP contribution is 2.13. The van der Waals surface area contributed by atoms with Crippen molar-refractivity contribution in [3.63, 3.8) is 0 Å². The van der Waals surface area contributed by atoms with Gasteiger partial charge in [0.05, 0.1) is 12.6 Å². The molecule has 1 amide bonds. The maximum Gasteiger partial charge on any atom is 0.237 e. The number of carbonyl (C=O) groups excluding carboxylic acids is 1. The van der Waals surface area contributed by atoms with Crippen LogP contribution in [-0.4, -0.2) is 50.1 Å². The van der Waals surface area contributed by atoms with Crippen LogP contribution in [0.1, 0.15) is 38.4 Å². The maximum atomic E-state index is 12.4. The normalized spacial score (nSPS) is 17.2. The Hall–Kier alpha value is -2.28. The van der Waals surface area contributed by atoms with Gasteiger partial charge in [0.15, 0.2) is 5.82 Å². The van der Waals surface area contributed by atoms with E-state index in [1.807, 2.05) is 19.1 Å². The first kappa shape index (κ1) is 16.6. The van der Waals surface area contributed by atoms with Crippen molar-refractivity contribution in [2.75, 3.05) is 13.1 Å². The van der Waals surface area contributed by atoms with Crippen LogP contribution in [0.15, 0.2) is 24.5 Å². The number of amides is 1. The van der Waals surface area contributed by atoms with E-state index < -0.39 is 0 Å². The average molecular weight is 328 g/mol. The van der Waals surface area contributed by atoms with E-state index in [0.717, 1.165) is 18.7 Å². The van der Waals surface area contributed by atoms with Crippen molar-refractivity contribution >= 4 is 5.91 Å². The lowest BCUT2D eigenvalue weighted by atomic mass is 10.2. The zero-order chi connectivity index (χ0) is 16.8. The smallest absolute Gasteiger partial charge is 0.237 e. The Labute approximate surface area is 141 Å². The Morgan fingerprint density at radius 1 is 1.33 bits per heavy atom. The van der Waals surface area contributed by atoms with Gasteiger partial charge in [-0.25, -0.2) is 4.98 Å². The molecule has 1 fully saturated rings. The fourth-order valence-electron chi connectivity index (χ4n) is 2.97. The van der Waals surface area contributed by atoms with E-state index in [9.17, 15) is 4.79 Å². The summed E-state index contributed by atoms with van der Waals surface area (Å²) in [6, 6.07) is 3.64. The second-order valence-corrected chi connectivity index (χ2v) is 6.19. The third-order valence-corrected chi connectivity index (χ3v) is 4.45. The van der Waals surface area contributed by atoms with E-state index in [1.54, 1.807) is 12.4 Å². The minimum absolute atomic E-state index is 0.0382. The molecule has 7 heteroatoms. The molecule has 0 radical (unpaired) electrons. The molecular weight excluding hydrogens is 304 g/mol. The molecule has 0 bridgehead atoms. The molecule has 1 saturated heterocycles. The minimum Gasteiger partial charge on any atom is -0.347 e. The predicted octanol–water partition coefficient (Wildman–Crippen LogP) is 1.75. The van der Waals surface area contributed by atoms with Crippen LogP contribution >= 0.6 is 0 Å². The largest absolute Gasteiger partial charge is 0.347 e. The van der Waals surface area contributed by atoms with Crippen LogP contribution in [0.25, 0.3) is 11.4 Å². The molecule has 2 N–H and O–H groups in total. The number of hydrogen-bond acceptors (Lipinski definition) is 5. The van der Waals surface area contributed by atoms with Crippen LogP contribution in [0.2, 0.25) is 0 Å². The number of aromatic amines is 1. The lowest BCUT2D eigenvalue weighted by Gasteiger charge is -2.26. The highest BCUT2D eigenvalue weighted by molar-refractivity contribution is 5.81. The molecular formula is C17H24N6O. The van der Waals surface area contributed by atoms with E-state index in [-0.39, 0.29) is 11.9 Å². The van der Waals surface area contributed by atoms with E-state index in [0.29, 0.717) is 18.2 Å². The highest BCUT2D eigenvalue weighted by atomic mass is 16.2. The molecule has 1 aliphatic rings. The molecule has 128 valence electrons. The summed E-state index contributed by atoms with van der Waals surface area (Å²) < 4.78 is 0. The fraction of sp³-hybridized carbons (Fsp3) is 0.529. The number of rotatable bonds is 5. The van der Waals surface area contributed by atoms with Gasteiger partial charge in [-0.15, -0.1) is 0 Å². The number of H-pyrrole nitrogens is 1. The second-order valence-electron chi connectivity index (χ2n) is 6.19. The quantitative estimate of drug-likeness (QED) is 0.873. The van der Waals surface area contributed by atoms with Gasteiger partial charge in [-0.05, 0) is 45.0 Å². The van der Waals surface area contributed by atoms with Gasteiger partial charge in [-0.1, -0.05) is 12.8 Å². The van der Waals surface area contributed by atoms with Gasteiger partial charge < -0.3 is 5.32 Å². The van der Waals surface area contributed by atoms with Crippen molar-refractivity contribution in [2.24, 2.45) is 0 Å².